The van der Waals surface area contributed by atoms with Gasteiger partial charge in [-0.15, -0.1) is 20.4 Å². The van der Waals surface area contributed by atoms with E-state index in [1.807, 2.05) is 9.13 Å². The maximum atomic E-state index is 3.69. The van der Waals surface area contributed by atoms with E-state index in [-0.39, 0.29) is 0 Å². The van der Waals surface area contributed by atoms with Gasteiger partial charge in [0.2, 0.25) is 0 Å². The zero-order chi connectivity index (χ0) is 8.23. The standard InChI is InChI=1S/C6H8N6/c1(11-3-7-8-4-11)2-12-5-9-10-6-12/h3-6H,1-2H2. The Kier molecular flexibility index (Phi) is 1.81. The number of hydrogen-bond acceptors (Lipinski definition) is 4. The van der Waals surface area contributed by atoms with Gasteiger partial charge in [0.25, 0.3) is 0 Å². The second-order valence-electron chi connectivity index (χ2n) is 2.40. The Morgan fingerprint density at radius 3 is 1.33 bits per heavy atom. The lowest BCUT2D eigenvalue weighted by atomic mass is 10.6. The van der Waals surface area contributed by atoms with Crippen molar-refractivity contribution in [2.45, 2.75) is 13.1 Å². The molecule has 62 valence electrons. The van der Waals surface area contributed by atoms with Crippen molar-refractivity contribution in [3.8, 4) is 0 Å². The van der Waals surface area contributed by atoms with Gasteiger partial charge in [0.1, 0.15) is 25.3 Å². The summed E-state index contributed by atoms with van der Waals surface area (Å²) in [5.74, 6) is 0. The first-order valence-corrected chi connectivity index (χ1v) is 3.60. The highest BCUT2D eigenvalue weighted by molar-refractivity contribution is 4.63. The second kappa shape index (κ2) is 3.12. The fourth-order valence-electron chi connectivity index (χ4n) is 0.906. The van der Waals surface area contributed by atoms with Crippen LogP contribution in [0.25, 0.3) is 0 Å². The molecule has 2 aromatic rings. The van der Waals surface area contributed by atoms with Gasteiger partial charge < -0.3 is 9.13 Å². The first-order chi connectivity index (χ1) is 5.95. The first-order valence-electron chi connectivity index (χ1n) is 3.60. The zero-order valence-corrected chi connectivity index (χ0v) is 6.41. The molecule has 0 atom stereocenters. The van der Waals surface area contributed by atoms with Crippen LogP contribution in [0.15, 0.2) is 25.3 Å². The van der Waals surface area contributed by atoms with Gasteiger partial charge in [-0.3, -0.25) is 0 Å². The Morgan fingerprint density at radius 2 is 1.00 bits per heavy atom. The molecule has 0 N–H and O–H groups in total. The molecule has 2 aromatic heterocycles. The van der Waals surface area contributed by atoms with Crippen LogP contribution in [0.5, 0.6) is 0 Å². The van der Waals surface area contributed by atoms with Crippen molar-refractivity contribution in [2.75, 3.05) is 0 Å². The fourth-order valence-corrected chi connectivity index (χ4v) is 0.906. The largest absolute Gasteiger partial charge is 0.318 e. The first kappa shape index (κ1) is 6.96. The van der Waals surface area contributed by atoms with Gasteiger partial charge in [-0.25, -0.2) is 0 Å². The highest BCUT2D eigenvalue weighted by Gasteiger charge is 1.91. The van der Waals surface area contributed by atoms with Crippen LogP contribution in [-0.4, -0.2) is 29.5 Å². The van der Waals surface area contributed by atoms with Crippen LogP contribution >= 0.6 is 0 Å². The SMILES string of the molecule is c1nncn1CCn1cnnc1. The molecule has 0 radical (unpaired) electrons. The minimum atomic E-state index is 0.838. The quantitative estimate of drug-likeness (QED) is 0.617. The van der Waals surface area contributed by atoms with E-state index in [0.717, 1.165) is 13.1 Å². The lowest BCUT2D eigenvalue weighted by Gasteiger charge is -1.99. The number of nitrogens with zero attached hydrogens (tertiary/aromatic N) is 6. The molecule has 0 aliphatic carbocycles. The number of rotatable bonds is 3. The van der Waals surface area contributed by atoms with E-state index in [2.05, 4.69) is 20.4 Å². The predicted octanol–water partition coefficient (Wildman–Crippen LogP) is -0.430. The maximum Gasteiger partial charge on any atom is 0.119 e. The van der Waals surface area contributed by atoms with Crippen LogP contribution in [0, 0.1) is 0 Å². The van der Waals surface area contributed by atoms with Gasteiger partial charge in [-0.05, 0) is 0 Å². The lowest BCUT2D eigenvalue weighted by Crippen LogP contribution is -2.03. The normalized spacial score (nSPS) is 10.3. The van der Waals surface area contributed by atoms with E-state index in [1.54, 1.807) is 25.3 Å². The monoisotopic (exact) mass is 164 g/mol. The third-order valence-corrected chi connectivity index (χ3v) is 1.55. The van der Waals surface area contributed by atoms with Crippen molar-refractivity contribution in [1.82, 2.24) is 29.5 Å². The van der Waals surface area contributed by atoms with Gasteiger partial charge in [-0.1, -0.05) is 0 Å². The highest BCUT2D eigenvalue weighted by Crippen LogP contribution is 1.87. The van der Waals surface area contributed by atoms with E-state index in [9.17, 15) is 0 Å². The molecule has 6 nitrogen and oxygen atoms in total. The molecule has 0 saturated heterocycles. The van der Waals surface area contributed by atoms with E-state index in [0.29, 0.717) is 0 Å². The van der Waals surface area contributed by atoms with Crippen LogP contribution in [0.4, 0.5) is 0 Å². The molecule has 0 aliphatic rings. The smallest absolute Gasteiger partial charge is 0.119 e. The fraction of sp³-hybridized carbons (Fsp3) is 0.333. The van der Waals surface area contributed by atoms with Crippen LogP contribution in [0.3, 0.4) is 0 Å². The zero-order valence-electron chi connectivity index (χ0n) is 6.41. The van der Waals surface area contributed by atoms with E-state index >= 15 is 0 Å². The molecule has 0 bridgehead atoms. The molecule has 0 aliphatic heterocycles. The van der Waals surface area contributed by atoms with Gasteiger partial charge >= 0.3 is 0 Å². The molecule has 2 heterocycles. The summed E-state index contributed by atoms with van der Waals surface area (Å²) in [6.07, 6.45) is 6.74. The van der Waals surface area contributed by atoms with Gasteiger partial charge in [0, 0.05) is 13.1 Å². The summed E-state index contributed by atoms with van der Waals surface area (Å²) < 4.78 is 3.81. The van der Waals surface area contributed by atoms with Crippen LogP contribution in [-0.2, 0) is 13.1 Å². The number of hydrogen-bond donors (Lipinski definition) is 0. The maximum absolute atomic E-state index is 3.69. The molecule has 0 fully saturated rings. The van der Waals surface area contributed by atoms with E-state index < -0.39 is 0 Å². The molecule has 12 heavy (non-hydrogen) atoms. The summed E-state index contributed by atoms with van der Waals surface area (Å²) in [7, 11) is 0. The van der Waals surface area contributed by atoms with E-state index in [1.165, 1.54) is 0 Å². The number of aromatic nitrogens is 6. The van der Waals surface area contributed by atoms with Gasteiger partial charge in [-0.2, -0.15) is 0 Å². The summed E-state index contributed by atoms with van der Waals surface area (Å²) in [4.78, 5) is 0. The van der Waals surface area contributed by atoms with Crippen molar-refractivity contribution in [1.29, 1.82) is 0 Å². The molecule has 6 heteroatoms. The Bertz CT molecular complexity index is 275. The van der Waals surface area contributed by atoms with Crippen molar-refractivity contribution in [2.24, 2.45) is 0 Å². The topological polar surface area (TPSA) is 61.4 Å². The predicted molar refractivity (Wildman–Crippen MR) is 40.0 cm³/mol. The van der Waals surface area contributed by atoms with Gasteiger partial charge in [0.05, 0.1) is 0 Å². The molecule has 0 saturated carbocycles. The molecular formula is C6H8N6. The minimum Gasteiger partial charge on any atom is -0.318 e. The second-order valence-corrected chi connectivity index (χ2v) is 2.40. The Hall–Kier alpha value is -1.72. The molecule has 2 rings (SSSR count). The summed E-state index contributed by atoms with van der Waals surface area (Å²) in [6, 6.07) is 0. The third kappa shape index (κ3) is 1.47. The summed E-state index contributed by atoms with van der Waals surface area (Å²) >= 11 is 0. The molecular weight excluding hydrogens is 156 g/mol. The van der Waals surface area contributed by atoms with Crippen molar-refractivity contribution in [3.63, 3.8) is 0 Å². The molecule has 0 aromatic carbocycles. The average Bonchev–Trinajstić information content (AvgIpc) is 2.74. The van der Waals surface area contributed by atoms with E-state index in [4.69, 9.17) is 0 Å². The van der Waals surface area contributed by atoms with Crippen LogP contribution < -0.4 is 0 Å². The highest BCUT2D eigenvalue weighted by atomic mass is 15.3. The molecule has 0 spiro atoms. The van der Waals surface area contributed by atoms with Crippen molar-refractivity contribution < 1.29 is 0 Å². The van der Waals surface area contributed by atoms with Crippen molar-refractivity contribution >= 4 is 0 Å². The van der Waals surface area contributed by atoms with Crippen molar-refractivity contribution in [3.05, 3.63) is 25.3 Å². The third-order valence-electron chi connectivity index (χ3n) is 1.55. The Morgan fingerprint density at radius 1 is 0.667 bits per heavy atom. The summed E-state index contributed by atoms with van der Waals surface area (Å²) in [5, 5.41) is 14.8. The molecule has 0 unspecified atom stereocenters. The van der Waals surface area contributed by atoms with Crippen LogP contribution in [0.2, 0.25) is 0 Å². The molecule has 0 amide bonds. The average molecular weight is 164 g/mol. The Balaban J connectivity index is 1.91. The minimum absolute atomic E-state index is 0.838. The van der Waals surface area contributed by atoms with Crippen LogP contribution in [0.1, 0.15) is 0 Å². The number of aryl methyl sites for hydroxylation is 2. The summed E-state index contributed by atoms with van der Waals surface area (Å²) in [5.41, 5.74) is 0. The van der Waals surface area contributed by atoms with Gasteiger partial charge in [0.15, 0.2) is 0 Å². The lowest BCUT2D eigenvalue weighted by molar-refractivity contribution is 0.575. The Labute approximate surface area is 68.9 Å². The summed E-state index contributed by atoms with van der Waals surface area (Å²) in [6.45, 7) is 1.68.